The average molecular weight is 319 g/mol. The molecule has 0 radical (unpaired) electrons. The SMILES string of the molecule is CCCOc1ccc(NC(=O)CSc2nccc(=O)[nH]2)cc1. The van der Waals surface area contributed by atoms with E-state index in [-0.39, 0.29) is 17.2 Å². The van der Waals surface area contributed by atoms with Crippen molar-refractivity contribution in [3.05, 3.63) is 46.9 Å². The lowest BCUT2D eigenvalue weighted by Gasteiger charge is -2.07. The zero-order chi connectivity index (χ0) is 15.8. The molecule has 1 amide bonds. The molecule has 0 atom stereocenters. The molecule has 1 heterocycles. The Bertz CT molecular complexity index is 670. The molecule has 2 aromatic rings. The van der Waals surface area contributed by atoms with Crippen LogP contribution in [-0.4, -0.2) is 28.2 Å². The predicted molar refractivity (Wildman–Crippen MR) is 86.4 cm³/mol. The molecule has 6 nitrogen and oxygen atoms in total. The Labute approximate surface area is 132 Å². The second-order valence-electron chi connectivity index (χ2n) is 4.45. The molecule has 0 fully saturated rings. The quantitative estimate of drug-likeness (QED) is 0.604. The maximum atomic E-state index is 11.8. The normalized spacial score (nSPS) is 10.2. The first-order valence-electron chi connectivity index (χ1n) is 6.88. The number of hydrogen-bond donors (Lipinski definition) is 2. The Morgan fingerprint density at radius 2 is 2.09 bits per heavy atom. The summed E-state index contributed by atoms with van der Waals surface area (Å²) in [6, 6.07) is 8.53. The average Bonchev–Trinajstić information content (AvgIpc) is 2.52. The first-order valence-corrected chi connectivity index (χ1v) is 7.87. The molecule has 116 valence electrons. The molecule has 0 saturated heterocycles. The maximum absolute atomic E-state index is 11.8. The summed E-state index contributed by atoms with van der Waals surface area (Å²) in [6.07, 6.45) is 2.36. The summed E-state index contributed by atoms with van der Waals surface area (Å²) in [5.74, 6) is 0.778. The van der Waals surface area contributed by atoms with Crippen molar-refractivity contribution in [2.24, 2.45) is 0 Å². The zero-order valence-electron chi connectivity index (χ0n) is 12.2. The van der Waals surface area contributed by atoms with Crippen molar-refractivity contribution in [1.82, 2.24) is 9.97 Å². The van der Waals surface area contributed by atoms with E-state index in [1.165, 1.54) is 24.0 Å². The summed E-state index contributed by atoms with van der Waals surface area (Å²) in [5, 5.41) is 3.20. The monoisotopic (exact) mass is 319 g/mol. The van der Waals surface area contributed by atoms with Gasteiger partial charge in [0.15, 0.2) is 5.16 Å². The van der Waals surface area contributed by atoms with Crippen LogP contribution >= 0.6 is 11.8 Å². The minimum absolute atomic E-state index is 0.168. The number of carbonyl (C=O) groups excluding carboxylic acids is 1. The summed E-state index contributed by atoms with van der Waals surface area (Å²) in [6.45, 7) is 2.71. The van der Waals surface area contributed by atoms with Gasteiger partial charge in [-0.25, -0.2) is 4.98 Å². The van der Waals surface area contributed by atoms with Crippen molar-refractivity contribution in [3.8, 4) is 5.75 Å². The van der Waals surface area contributed by atoms with E-state index in [2.05, 4.69) is 15.3 Å². The fourth-order valence-electron chi connectivity index (χ4n) is 1.61. The van der Waals surface area contributed by atoms with Gasteiger partial charge in [0.1, 0.15) is 5.75 Å². The lowest BCUT2D eigenvalue weighted by molar-refractivity contribution is -0.113. The van der Waals surface area contributed by atoms with E-state index in [1.54, 1.807) is 12.1 Å². The summed E-state index contributed by atoms with van der Waals surface area (Å²) >= 11 is 1.17. The number of aromatic nitrogens is 2. The number of anilines is 1. The number of ether oxygens (including phenoxy) is 1. The van der Waals surface area contributed by atoms with Gasteiger partial charge in [-0.3, -0.25) is 9.59 Å². The Balaban J connectivity index is 1.82. The molecule has 0 aliphatic heterocycles. The highest BCUT2D eigenvalue weighted by Gasteiger charge is 2.05. The van der Waals surface area contributed by atoms with Crippen molar-refractivity contribution in [2.75, 3.05) is 17.7 Å². The lowest BCUT2D eigenvalue weighted by Crippen LogP contribution is -2.15. The molecule has 7 heteroatoms. The second kappa shape index (κ2) is 8.23. The van der Waals surface area contributed by atoms with E-state index in [4.69, 9.17) is 4.74 Å². The van der Waals surface area contributed by atoms with Gasteiger partial charge in [-0.05, 0) is 30.7 Å². The van der Waals surface area contributed by atoms with E-state index in [1.807, 2.05) is 19.1 Å². The van der Waals surface area contributed by atoms with Crippen LogP contribution in [-0.2, 0) is 4.79 Å². The number of nitrogens with zero attached hydrogens (tertiary/aromatic N) is 1. The van der Waals surface area contributed by atoms with E-state index in [9.17, 15) is 9.59 Å². The molecule has 0 spiro atoms. The van der Waals surface area contributed by atoms with Crippen LogP contribution in [0.4, 0.5) is 5.69 Å². The second-order valence-corrected chi connectivity index (χ2v) is 5.41. The minimum atomic E-state index is -0.236. The number of rotatable bonds is 7. The number of carbonyl (C=O) groups is 1. The molecule has 1 aromatic heterocycles. The van der Waals surface area contributed by atoms with E-state index in [0.29, 0.717) is 17.5 Å². The molecule has 0 unspecified atom stereocenters. The lowest BCUT2D eigenvalue weighted by atomic mass is 10.3. The number of H-pyrrole nitrogens is 1. The third-order valence-electron chi connectivity index (χ3n) is 2.60. The highest BCUT2D eigenvalue weighted by Crippen LogP contribution is 2.17. The van der Waals surface area contributed by atoms with Gasteiger partial charge in [0.05, 0.1) is 12.4 Å². The summed E-state index contributed by atoms with van der Waals surface area (Å²) in [5.41, 5.74) is 0.463. The van der Waals surface area contributed by atoms with E-state index >= 15 is 0 Å². The van der Waals surface area contributed by atoms with Gasteiger partial charge in [0, 0.05) is 18.0 Å². The van der Waals surface area contributed by atoms with Gasteiger partial charge in [-0.15, -0.1) is 0 Å². The Kier molecular flexibility index (Phi) is 6.02. The van der Waals surface area contributed by atoms with E-state index in [0.717, 1.165) is 12.2 Å². The third kappa shape index (κ3) is 5.25. The van der Waals surface area contributed by atoms with Crippen LogP contribution in [0.5, 0.6) is 5.75 Å². The summed E-state index contributed by atoms with van der Waals surface area (Å²) < 4.78 is 5.47. The van der Waals surface area contributed by atoms with Gasteiger partial charge in [-0.2, -0.15) is 0 Å². The van der Waals surface area contributed by atoms with Gasteiger partial charge in [-0.1, -0.05) is 18.7 Å². The van der Waals surface area contributed by atoms with Gasteiger partial charge >= 0.3 is 0 Å². The molecule has 2 N–H and O–H groups in total. The van der Waals surface area contributed by atoms with E-state index < -0.39 is 0 Å². The zero-order valence-corrected chi connectivity index (χ0v) is 13.0. The van der Waals surface area contributed by atoms with Crippen LogP contribution in [0.1, 0.15) is 13.3 Å². The maximum Gasteiger partial charge on any atom is 0.251 e. The summed E-state index contributed by atoms with van der Waals surface area (Å²) in [7, 11) is 0. The molecule has 22 heavy (non-hydrogen) atoms. The highest BCUT2D eigenvalue weighted by molar-refractivity contribution is 7.99. The first-order chi connectivity index (χ1) is 10.7. The Morgan fingerprint density at radius 3 is 2.77 bits per heavy atom. The van der Waals surface area contributed by atoms with Gasteiger partial charge in [0.25, 0.3) is 5.56 Å². The molecule has 0 aliphatic rings. The van der Waals surface area contributed by atoms with Crippen molar-refractivity contribution in [3.63, 3.8) is 0 Å². The fraction of sp³-hybridized carbons (Fsp3) is 0.267. The number of nitrogens with one attached hydrogen (secondary N) is 2. The smallest absolute Gasteiger partial charge is 0.251 e. The first kappa shape index (κ1) is 16.1. The molecule has 0 aliphatic carbocycles. The molecule has 0 saturated carbocycles. The van der Waals surface area contributed by atoms with Crippen molar-refractivity contribution >= 4 is 23.4 Å². The number of amides is 1. The van der Waals surface area contributed by atoms with Crippen molar-refractivity contribution in [1.29, 1.82) is 0 Å². The van der Waals surface area contributed by atoms with Crippen LogP contribution in [0, 0.1) is 0 Å². The molecule has 1 aromatic carbocycles. The largest absolute Gasteiger partial charge is 0.494 e. The fourth-order valence-corrected chi connectivity index (χ4v) is 2.26. The van der Waals surface area contributed by atoms with Crippen LogP contribution in [0.15, 0.2) is 46.5 Å². The topological polar surface area (TPSA) is 84.1 Å². The number of benzene rings is 1. The molecule has 2 rings (SSSR count). The van der Waals surface area contributed by atoms with Crippen LogP contribution < -0.4 is 15.6 Å². The minimum Gasteiger partial charge on any atom is -0.494 e. The third-order valence-corrected chi connectivity index (χ3v) is 3.49. The van der Waals surface area contributed by atoms with Gasteiger partial charge < -0.3 is 15.0 Å². The highest BCUT2D eigenvalue weighted by atomic mass is 32.2. The Hall–Kier alpha value is -2.28. The summed E-state index contributed by atoms with van der Waals surface area (Å²) in [4.78, 5) is 29.5. The molecular weight excluding hydrogens is 302 g/mol. The number of thioether (sulfide) groups is 1. The number of hydrogen-bond acceptors (Lipinski definition) is 5. The van der Waals surface area contributed by atoms with Crippen LogP contribution in [0.3, 0.4) is 0 Å². The number of aromatic amines is 1. The molecular formula is C15H17N3O3S. The Morgan fingerprint density at radius 1 is 1.32 bits per heavy atom. The van der Waals surface area contributed by atoms with Gasteiger partial charge in [0.2, 0.25) is 5.91 Å². The van der Waals surface area contributed by atoms with Crippen LogP contribution in [0.2, 0.25) is 0 Å². The van der Waals surface area contributed by atoms with Crippen molar-refractivity contribution < 1.29 is 9.53 Å². The molecule has 0 bridgehead atoms. The van der Waals surface area contributed by atoms with Crippen molar-refractivity contribution in [2.45, 2.75) is 18.5 Å². The standard InChI is InChI=1S/C15H17N3O3S/c1-2-9-21-12-5-3-11(4-6-12)17-14(20)10-22-15-16-8-7-13(19)18-15/h3-8H,2,9-10H2,1H3,(H,17,20)(H,16,18,19). The predicted octanol–water partition coefficient (Wildman–Crippen LogP) is 2.29. The van der Waals surface area contributed by atoms with Crippen LogP contribution in [0.25, 0.3) is 0 Å².